The van der Waals surface area contributed by atoms with Gasteiger partial charge in [0.25, 0.3) is 5.91 Å². The van der Waals surface area contributed by atoms with Crippen molar-refractivity contribution in [2.45, 2.75) is 24.8 Å². The maximum Gasteiger partial charge on any atom is 0.349 e. The molecule has 0 saturated carbocycles. The quantitative estimate of drug-likeness (QED) is 0.923. The normalized spacial score (nSPS) is 18.0. The Balaban J connectivity index is 2.01. The molecule has 1 amide bonds. The number of likely N-dealkylation sites (tertiary alicyclic amines) is 1. The average molecular weight is 286 g/mol. The second kappa shape index (κ2) is 5.83. The number of piperidine rings is 1. The van der Waals surface area contributed by atoms with Crippen molar-refractivity contribution in [1.82, 2.24) is 10.2 Å². The number of hydrogen-bond acceptors (Lipinski definition) is 2. The van der Waals surface area contributed by atoms with Crippen LogP contribution in [-0.2, 0) is 10.7 Å². The van der Waals surface area contributed by atoms with Crippen LogP contribution in [0.2, 0.25) is 0 Å². The topological polar surface area (TPSA) is 32.3 Å². The second-order valence-corrected chi connectivity index (χ2v) is 5.13. The van der Waals surface area contributed by atoms with Gasteiger partial charge >= 0.3 is 5.92 Å². The number of benzene rings is 1. The van der Waals surface area contributed by atoms with E-state index in [4.69, 9.17) is 0 Å². The fraction of sp³-hybridized carbons (Fsp3) is 0.500. The van der Waals surface area contributed by atoms with Gasteiger partial charge < -0.3 is 10.2 Å². The lowest BCUT2D eigenvalue weighted by Crippen LogP contribution is -2.48. The summed E-state index contributed by atoms with van der Waals surface area (Å²) >= 11 is 0. The van der Waals surface area contributed by atoms with E-state index in [1.807, 2.05) is 7.05 Å². The highest BCUT2D eigenvalue weighted by Crippen LogP contribution is 2.28. The molecule has 0 atom stereocenters. The fourth-order valence-electron chi connectivity index (χ4n) is 2.22. The van der Waals surface area contributed by atoms with E-state index in [1.165, 1.54) is 0 Å². The standard InChI is InChI=1S/C14H17F3N2O/c1-19-8-6-12(7-9-19)18-13(20)14(16,17)10-2-4-11(15)5-3-10/h2-5,12H,6-9H2,1H3,(H,18,20). The Morgan fingerprint density at radius 1 is 1.25 bits per heavy atom. The highest BCUT2D eigenvalue weighted by molar-refractivity contribution is 5.85. The van der Waals surface area contributed by atoms with Crippen molar-refractivity contribution in [1.29, 1.82) is 0 Å². The lowest BCUT2D eigenvalue weighted by molar-refractivity contribution is -0.148. The van der Waals surface area contributed by atoms with Crippen molar-refractivity contribution >= 4 is 5.91 Å². The van der Waals surface area contributed by atoms with Gasteiger partial charge in [0.2, 0.25) is 0 Å². The molecular formula is C14H17F3N2O. The summed E-state index contributed by atoms with van der Waals surface area (Å²) in [6.45, 7) is 1.54. The van der Waals surface area contributed by atoms with Crippen molar-refractivity contribution in [2.24, 2.45) is 0 Å². The maximum absolute atomic E-state index is 14.0. The molecule has 1 aromatic rings. The Labute approximate surface area is 115 Å². The van der Waals surface area contributed by atoms with Crippen molar-refractivity contribution in [3.63, 3.8) is 0 Å². The predicted molar refractivity (Wildman–Crippen MR) is 69.0 cm³/mol. The lowest BCUT2D eigenvalue weighted by Gasteiger charge is -2.30. The van der Waals surface area contributed by atoms with Crippen LogP contribution in [0.3, 0.4) is 0 Å². The molecule has 1 aromatic carbocycles. The van der Waals surface area contributed by atoms with Gasteiger partial charge in [-0.1, -0.05) is 0 Å². The number of alkyl halides is 2. The van der Waals surface area contributed by atoms with Crippen LogP contribution in [0.15, 0.2) is 24.3 Å². The highest BCUT2D eigenvalue weighted by atomic mass is 19.3. The molecule has 0 radical (unpaired) electrons. The molecule has 0 unspecified atom stereocenters. The van der Waals surface area contributed by atoms with E-state index in [0.29, 0.717) is 12.8 Å². The number of hydrogen-bond donors (Lipinski definition) is 1. The van der Waals surface area contributed by atoms with Crippen LogP contribution in [0.25, 0.3) is 0 Å². The number of carbonyl (C=O) groups excluding carboxylic acids is 1. The first-order chi connectivity index (χ1) is 9.39. The molecule has 3 nitrogen and oxygen atoms in total. The van der Waals surface area contributed by atoms with Crippen molar-refractivity contribution < 1.29 is 18.0 Å². The number of nitrogens with zero attached hydrogens (tertiary/aromatic N) is 1. The molecule has 1 N–H and O–H groups in total. The number of carbonyl (C=O) groups is 1. The monoisotopic (exact) mass is 286 g/mol. The van der Waals surface area contributed by atoms with E-state index in [2.05, 4.69) is 10.2 Å². The van der Waals surface area contributed by atoms with Gasteiger partial charge in [0.15, 0.2) is 0 Å². The van der Waals surface area contributed by atoms with Crippen molar-refractivity contribution in [2.75, 3.05) is 20.1 Å². The lowest BCUT2D eigenvalue weighted by atomic mass is 10.0. The molecule has 0 aromatic heterocycles. The number of amides is 1. The molecule has 0 bridgehead atoms. The summed E-state index contributed by atoms with van der Waals surface area (Å²) in [7, 11) is 1.95. The molecule has 2 rings (SSSR count). The van der Waals surface area contributed by atoms with Gasteiger partial charge in [-0.05, 0) is 57.2 Å². The number of nitrogens with one attached hydrogen (secondary N) is 1. The minimum atomic E-state index is -3.64. The average Bonchev–Trinajstić information content (AvgIpc) is 2.42. The summed E-state index contributed by atoms with van der Waals surface area (Å²) in [6.07, 6.45) is 1.31. The Morgan fingerprint density at radius 3 is 2.35 bits per heavy atom. The molecule has 20 heavy (non-hydrogen) atoms. The van der Waals surface area contributed by atoms with Gasteiger partial charge in [0, 0.05) is 11.6 Å². The Hall–Kier alpha value is -1.56. The summed E-state index contributed by atoms with van der Waals surface area (Å²) in [5, 5.41) is 2.38. The highest BCUT2D eigenvalue weighted by Gasteiger charge is 2.41. The predicted octanol–water partition coefficient (Wildman–Crippen LogP) is 2.13. The van der Waals surface area contributed by atoms with E-state index in [0.717, 1.165) is 37.4 Å². The molecule has 1 heterocycles. The molecule has 1 aliphatic rings. The SMILES string of the molecule is CN1CCC(NC(=O)C(F)(F)c2ccc(F)cc2)CC1. The van der Waals surface area contributed by atoms with Crippen LogP contribution in [0.5, 0.6) is 0 Å². The zero-order valence-corrected chi connectivity index (χ0v) is 11.2. The molecule has 1 aliphatic heterocycles. The van der Waals surface area contributed by atoms with Gasteiger partial charge in [-0.3, -0.25) is 4.79 Å². The second-order valence-electron chi connectivity index (χ2n) is 5.13. The first-order valence-corrected chi connectivity index (χ1v) is 6.53. The Bertz CT molecular complexity index is 468. The first-order valence-electron chi connectivity index (χ1n) is 6.53. The summed E-state index contributed by atoms with van der Waals surface area (Å²) in [5.74, 6) is -5.57. The van der Waals surface area contributed by atoms with Crippen LogP contribution < -0.4 is 5.32 Å². The third kappa shape index (κ3) is 3.30. The number of halogens is 3. The first kappa shape index (κ1) is 14.8. The molecule has 110 valence electrons. The molecular weight excluding hydrogens is 269 g/mol. The largest absolute Gasteiger partial charge is 0.349 e. The third-order valence-corrected chi connectivity index (χ3v) is 3.55. The summed E-state index contributed by atoms with van der Waals surface area (Å²) in [5.41, 5.74) is -0.496. The fourth-order valence-corrected chi connectivity index (χ4v) is 2.22. The molecule has 1 saturated heterocycles. The minimum Gasteiger partial charge on any atom is -0.348 e. The van der Waals surface area contributed by atoms with Gasteiger partial charge in [-0.2, -0.15) is 8.78 Å². The summed E-state index contributed by atoms with van der Waals surface area (Å²) in [4.78, 5) is 13.8. The zero-order valence-electron chi connectivity index (χ0n) is 11.2. The van der Waals surface area contributed by atoms with Crippen LogP contribution in [0.1, 0.15) is 18.4 Å². The van der Waals surface area contributed by atoms with E-state index in [9.17, 15) is 18.0 Å². The Morgan fingerprint density at radius 2 is 1.80 bits per heavy atom. The zero-order chi connectivity index (χ0) is 14.8. The van der Waals surface area contributed by atoms with Crippen molar-refractivity contribution in [3.05, 3.63) is 35.6 Å². The van der Waals surface area contributed by atoms with Gasteiger partial charge in [-0.15, -0.1) is 0 Å². The molecule has 0 spiro atoms. The van der Waals surface area contributed by atoms with Gasteiger partial charge in [-0.25, -0.2) is 4.39 Å². The van der Waals surface area contributed by atoms with E-state index in [-0.39, 0.29) is 6.04 Å². The van der Waals surface area contributed by atoms with Crippen LogP contribution in [0.4, 0.5) is 13.2 Å². The van der Waals surface area contributed by atoms with Crippen LogP contribution >= 0.6 is 0 Å². The minimum absolute atomic E-state index is 0.231. The smallest absolute Gasteiger partial charge is 0.348 e. The van der Waals surface area contributed by atoms with Gasteiger partial charge in [0.1, 0.15) is 5.82 Å². The maximum atomic E-state index is 14.0. The van der Waals surface area contributed by atoms with E-state index in [1.54, 1.807) is 0 Å². The van der Waals surface area contributed by atoms with E-state index >= 15 is 0 Å². The summed E-state index contributed by atoms with van der Waals surface area (Å²) < 4.78 is 40.7. The number of rotatable bonds is 3. The summed E-state index contributed by atoms with van der Waals surface area (Å²) in [6, 6.07) is 3.48. The Kier molecular flexibility index (Phi) is 4.32. The van der Waals surface area contributed by atoms with Crippen molar-refractivity contribution in [3.8, 4) is 0 Å². The van der Waals surface area contributed by atoms with E-state index < -0.39 is 23.2 Å². The van der Waals surface area contributed by atoms with Gasteiger partial charge in [0.05, 0.1) is 0 Å². The third-order valence-electron chi connectivity index (χ3n) is 3.55. The molecule has 0 aliphatic carbocycles. The molecule has 6 heteroatoms. The van der Waals surface area contributed by atoms with Crippen LogP contribution in [-0.4, -0.2) is 37.0 Å². The van der Waals surface area contributed by atoms with Crippen LogP contribution in [0, 0.1) is 5.82 Å². The molecule has 1 fully saturated rings.